The Hall–Kier alpha value is -4.82. The summed E-state index contributed by atoms with van der Waals surface area (Å²) >= 11 is 0. The van der Waals surface area contributed by atoms with Crippen molar-refractivity contribution < 1.29 is 0 Å². The summed E-state index contributed by atoms with van der Waals surface area (Å²) in [4.78, 5) is 9.27. The first kappa shape index (κ1) is 22.2. The van der Waals surface area contributed by atoms with Crippen LogP contribution in [0.25, 0.3) is 66.0 Å². The van der Waals surface area contributed by atoms with Crippen molar-refractivity contribution in [3.05, 3.63) is 133 Å². The van der Waals surface area contributed by atoms with Gasteiger partial charge in [0.05, 0.1) is 11.0 Å². The molecule has 5 aromatic carbocycles. The fourth-order valence-corrected chi connectivity index (χ4v) is 6.48. The zero-order chi connectivity index (χ0) is 26.1. The number of rotatable bonds is 2. The molecule has 0 fully saturated rings. The van der Waals surface area contributed by atoms with Gasteiger partial charge in [-0.05, 0) is 92.4 Å². The van der Waals surface area contributed by atoms with Crippen LogP contribution in [0.5, 0.6) is 0 Å². The molecule has 2 heterocycles. The Morgan fingerprint density at radius 2 is 1.18 bits per heavy atom. The van der Waals surface area contributed by atoms with Crippen LogP contribution in [0.1, 0.15) is 25.0 Å². The number of pyridine rings is 2. The molecular weight excluding hydrogens is 472 g/mol. The van der Waals surface area contributed by atoms with Gasteiger partial charge in [-0.25, -0.2) is 4.98 Å². The van der Waals surface area contributed by atoms with Crippen LogP contribution in [0.15, 0.2) is 122 Å². The van der Waals surface area contributed by atoms with Crippen LogP contribution in [-0.4, -0.2) is 9.97 Å². The largest absolute Gasteiger partial charge is 0.265 e. The molecule has 0 aliphatic heterocycles. The van der Waals surface area contributed by atoms with Crippen LogP contribution >= 0.6 is 0 Å². The van der Waals surface area contributed by atoms with Crippen molar-refractivity contribution >= 4 is 32.6 Å². The molecule has 39 heavy (non-hydrogen) atoms. The second-order valence-electron chi connectivity index (χ2n) is 11.1. The van der Waals surface area contributed by atoms with Gasteiger partial charge in [-0.2, -0.15) is 0 Å². The Morgan fingerprint density at radius 1 is 0.513 bits per heavy atom. The molecular formula is C37H26N2. The van der Waals surface area contributed by atoms with Crippen molar-refractivity contribution in [2.24, 2.45) is 0 Å². The van der Waals surface area contributed by atoms with Gasteiger partial charge in [0.25, 0.3) is 0 Å². The summed E-state index contributed by atoms with van der Waals surface area (Å²) < 4.78 is 0. The highest BCUT2D eigenvalue weighted by atomic mass is 14.7. The molecule has 2 nitrogen and oxygen atoms in total. The maximum atomic E-state index is 5.08. The SMILES string of the molecule is CC1(C)c2cc(-c3ccncc3)ccc2-c2ccc(-c3cc4cc5ccccc5nc4c4ccccc34)cc21. The Bertz CT molecular complexity index is 2090. The molecule has 1 aliphatic rings. The van der Waals surface area contributed by atoms with Crippen LogP contribution in [0.3, 0.4) is 0 Å². The molecule has 1 aliphatic carbocycles. The standard InChI is InChI=1S/C37H26N2/c1-37(2)33-21-24(23-15-17-38-18-16-23)11-13-29(33)30-14-12-25(22-34(30)37)32-20-27-19-26-7-3-6-10-35(26)39-36(27)31-9-5-4-8-28(31)32/h3-22H,1-2H3. The van der Waals surface area contributed by atoms with Crippen LogP contribution in [0, 0.1) is 0 Å². The van der Waals surface area contributed by atoms with E-state index >= 15 is 0 Å². The Morgan fingerprint density at radius 3 is 1.97 bits per heavy atom. The number of hydrogen-bond donors (Lipinski definition) is 0. The zero-order valence-corrected chi connectivity index (χ0v) is 21.9. The molecule has 2 heteroatoms. The fraction of sp³-hybridized carbons (Fsp3) is 0.0811. The number of hydrogen-bond acceptors (Lipinski definition) is 2. The van der Waals surface area contributed by atoms with Crippen molar-refractivity contribution in [3.63, 3.8) is 0 Å². The van der Waals surface area contributed by atoms with E-state index in [2.05, 4.69) is 128 Å². The molecule has 2 aromatic heterocycles. The number of benzene rings is 5. The lowest BCUT2D eigenvalue weighted by atomic mass is 9.80. The Kier molecular flexibility index (Phi) is 4.60. The minimum Gasteiger partial charge on any atom is -0.265 e. The van der Waals surface area contributed by atoms with Crippen molar-refractivity contribution in [1.29, 1.82) is 0 Å². The molecule has 0 radical (unpaired) electrons. The first-order chi connectivity index (χ1) is 19.1. The second-order valence-corrected chi connectivity index (χ2v) is 11.1. The maximum absolute atomic E-state index is 5.08. The normalized spacial score (nSPS) is 13.6. The van der Waals surface area contributed by atoms with Gasteiger partial charge < -0.3 is 0 Å². The smallest absolute Gasteiger partial charge is 0.0788 e. The van der Waals surface area contributed by atoms with Crippen molar-refractivity contribution in [2.75, 3.05) is 0 Å². The molecule has 0 saturated carbocycles. The molecule has 0 unspecified atom stereocenters. The zero-order valence-electron chi connectivity index (χ0n) is 21.9. The van der Waals surface area contributed by atoms with Gasteiger partial charge in [-0.1, -0.05) is 80.6 Å². The quantitative estimate of drug-likeness (QED) is 0.175. The monoisotopic (exact) mass is 498 g/mol. The number of nitrogens with zero attached hydrogens (tertiary/aromatic N) is 2. The maximum Gasteiger partial charge on any atom is 0.0788 e. The Balaban J connectivity index is 1.32. The molecule has 0 N–H and O–H groups in total. The van der Waals surface area contributed by atoms with Crippen molar-refractivity contribution in [3.8, 4) is 33.4 Å². The highest BCUT2D eigenvalue weighted by Gasteiger charge is 2.36. The summed E-state index contributed by atoms with van der Waals surface area (Å²) in [5.41, 5.74) is 12.3. The average molecular weight is 499 g/mol. The van der Waals surface area contributed by atoms with Crippen LogP contribution in [0.4, 0.5) is 0 Å². The van der Waals surface area contributed by atoms with Crippen LogP contribution < -0.4 is 0 Å². The first-order valence-corrected chi connectivity index (χ1v) is 13.5. The van der Waals surface area contributed by atoms with Gasteiger partial charge in [0, 0.05) is 34.0 Å². The highest BCUT2D eigenvalue weighted by Crippen LogP contribution is 2.51. The molecule has 0 amide bonds. The van der Waals surface area contributed by atoms with E-state index in [0.717, 1.165) is 11.0 Å². The predicted octanol–water partition coefficient (Wildman–Crippen LogP) is 9.58. The third kappa shape index (κ3) is 3.28. The molecule has 184 valence electrons. The van der Waals surface area contributed by atoms with Gasteiger partial charge in [-0.3, -0.25) is 4.98 Å². The fourth-order valence-electron chi connectivity index (χ4n) is 6.48. The Labute approximate surface area is 227 Å². The molecule has 7 aromatic rings. The third-order valence-corrected chi connectivity index (χ3v) is 8.53. The average Bonchev–Trinajstić information content (AvgIpc) is 3.21. The van der Waals surface area contributed by atoms with Gasteiger partial charge in [0.15, 0.2) is 0 Å². The topological polar surface area (TPSA) is 25.8 Å². The summed E-state index contributed by atoms with van der Waals surface area (Å²) in [7, 11) is 0. The lowest BCUT2D eigenvalue weighted by molar-refractivity contribution is 0.661. The predicted molar refractivity (Wildman–Crippen MR) is 163 cm³/mol. The summed E-state index contributed by atoms with van der Waals surface area (Å²) in [6, 6.07) is 39.8. The van der Waals surface area contributed by atoms with Gasteiger partial charge in [-0.15, -0.1) is 0 Å². The first-order valence-electron chi connectivity index (χ1n) is 13.5. The van der Waals surface area contributed by atoms with E-state index in [1.807, 2.05) is 12.4 Å². The van der Waals surface area contributed by atoms with E-state index in [4.69, 9.17) is 4.98 Å². The molecule has 8 rings (SSSR count). The number of aromatic nitrogens is 2. The van der Waals surface area contributed by atoms with E-state index < -0.39 is 0 Å². The van der Waals surface area contributed by atoms with Crippen molar-refractivity contribution in [1.82, 2.24) is 9.97 Å². The lowest BCUT2D eigenvalue weighted by Gasteiger charge is -2.23. The third-order valence-electron chi connectivity index (χ3n) is 8.53. The lowest BCUT2D eigenvalue weighted by Crippen LogP contribution is -2.15. The number of para-hydroxylation sites is 1. The summed E-state index contributed by atoms with van der Waals surface area (Å²) in [5, 5.41) is 4.77. The van der Waals surface area contributed by atoms with Gasteiger partial charge in [0.1, 0.15) is 0 Å². The van der Waals surface area contributed by atoms with Crippen LogP contribution in [0.2, 0.25) is 0 Å². The summed E-state index contributed by atoms with van der Waals surface area (Å²) in [6.07, 6.45) is 3.72. The molecule has 0 atom stereocenters. The van der Waals surface area contributed by atoms with Gasteiger partial charge in [0.2, 0.25) is 0 Å². The number of fused-ring (bicyclic) bond motifs is 7. The van der Waals surface area contributed by atoms with E-state index in [9.17, 15) is 0 Å². The van der Waals surface area contributed by atoms with Crippen molar-refractivity contribution in [2.45, 2.75) is 19.3 Å². The second kappa shape index (κ2) is 8.09. The minimum absolute atomic E-state index is 0.103. The van der Waals surface area contributed by atoms with E-state index in [-0.39, 0.29) is 5.41 Å². The van der Waals surface area contributed by atoms with Gasteiger partial charge >= 0.3 is 0 Å². The molecule has 0 bridgehead atoms. The van der Waals surface area contributed by atoms with E-state index in [0.29, 0.717) is 0 Å². The van der Waals surface area contributed by atoms with Crippen LogP contribution in [-0.2, 0) is 5.41 Å². The molecule has 0 saturated heterocycles. The van der Waals surface area contributed by atoms with E-state index in [1.54, 1.807) is 0 Å². The highest BCUT2D eigenvalue weighted by molar-refractivity contribution is 6.14. The summed E-state index contributed by atoms with van der Waals surface area (Å²) in [6.45, 7) is 4.71. The van der Waals surface area contributed by atoms with E-state index in [1.165, 1.54) is 66.1 Å². The molecule has 0 spiro atoms. The summed E-state index contributed by atoms with van der Waals surface area (Å²) in [5.74, 6) is 0. The minimum atomic E-state index is -0.103.